The van der Waals surface area contributed by atoms with Gasteiger partial charge in [0.15, 0.2) is 11.2 Å². The summed E-state index contributed by atoms with van der Waals surface area (Å²) in [6, 6.07) is 4.93. The molecule has 0 radical (unpaired) electrons. The van der Waals surface area contributed by atoms with Crippen LogP contribution in [0.25, 0.3) is 0 Å². The van der Waals surface area contributed by atoms with E-state index in [1.165, 1.54) is 0 Å². The predicted molar refractivity (Wildman–Crippen MR) is 59.7 cm³/mol. The van der Waals surface area contributed by atoms with Gasteiger partial charge in [-0.3, -0.25) is 9.59 Å². The maximum absolute atomic E-state index is 13.3. The van der Waals surface area contributed by atoms with Crippen molar-refractivity contribution in [3.8, 4) is 0 Å². The molecular weight excluding hydrogens is 242 g/mol. The molecule has 0 bridgehead atoms. The zero-order valence-corrected chi connectivity index (χ0v) is 10.00. The molecule has 0 heterocycles. The van der Waals surface area contributed by atoms with Crippen LogP contribution in [0.3, 0.4) is 0 Å². The summed E-state index contributed by atoms with van der Waals surface area (Å²) in [5.41, 5.74) is -1.07. The van der Waals surface area contributed by atoms with E-state index in [9.17, 15) is 18.4 Å². The highest BCUT2D eigenvalue weighted by molar-refractivity contribution is 6.17. The number of rotatable bonds is 2. The summed E-state index contributed by atoms with van der Waals surface area (Å²) in [6.45, 7) is 1.66. The van der Waals surface area contributed by atoms with Crippen molar-refractivity contribution in [2.24, 2.45) is 5.41 Å². The monoisotopic (exact) mass is 254 g/mol. The molecule has 1 aromatic rings. The summed E-state index contributed by atoms with van der Waals surface area (Å²) in [5, 5.41) is 0. The number of halogens is 2. The first-order chi connectivity index (χ1) is 8.45. The number of hydrogen-bond acceptors (Lipinski definition) is 3. The van der Waals surface area contributed by atoms with Gasteiger partial charge in [-0.1, -0.05) is 18.2 Å². The van der Waals surface area contributed by atoms with Crippen molar-refractivity contribution in [2.75, 3.05) is 7.11 Å². The molecule has 0 saturated heterocycles. The smallest absolute Gasteiger partial charge is 0.326 e. The molecule has 1 aliphatic carbocycles. The first kappa shape index (κ1) is 12.7. The van der Waals surface area contributed by atoms with Gasteiger partial charge in [-0.05, 0) is 18.1 Å². The fraction of sp³-hybridized carbons (Fsp3) is 0.385. The molecule has 5 heteroatoms. The van der Waals surface area contributed by atoms with Crippen LogP contribution in [0.2, 0.25) is 0 Å². The van der Waals surface area contributed by atoms with E-state index < -0.39 is 23.6 Å². The Morgan fingerprint density at radius 3 is 2.61 bits per heavy atom. The van der Waals surface area contributed by atoms with Gasteiger partial charge in [0.25, 0.3) is 6.43 Å². The molecule has 96 valence electrons. The first-order valence-corrected chi connectivity index (χ1v) is 5.45. The number of hydrogen-bond donors (Lipinski definition) is 0. The number of benzene rings is 1. The van der Waals surface area contributed by atoms with Gasteiger partial charge in [0, 0.05) is 12.0 Å². The summed E-state index contributed by atoms with van der Waals surface area (Å²) in [5.74, 6) is -2.00. The van der Waals surface area contributed by atoms with E-state index >= 15 is 0 Å². The van der Waals surface area contributed by atoms with Crippen LogP contribution in [0.4, 0.5) is 8.78 Å². The Kier molecular flexibility index (Phi) is 2.92. The number of alkyl halides is 2. The SMILES string of the molecule is COC(=O)C1(C(F)F)Cc2cccc(C)c2C1=O. The Labute approximate surface area is 103 Å². The number of aryl methyl sites for hydroxylation is 1. The molecule has 2 rings (SSSR count). The molecule has 1 aromatic carbocycles. The van der Waals surface area contributed by atoms with Crippen molar-refractivity contribution in [1.82, 2.24) is 0 Å². The van der Waals surface area contributed by atoms with E-state index in [1.807, 2.05) is 0 Å². The van der Waals surface area contributed by atoms with E-state index in [4.69, 9.17) is 0 Å². The second-order valence-corrected chi connectivity index (χ2v) is 4.38. The van der Waals surface area contributed by atoms with Crippen molar-refractivity contribution in [2.45, 2.75) is 19.8 Å². The van der Waals surface area contributed by atoms with Crippen LogP contribution in [0.1, 0.15) is 21.5 Å². The van der Waals surface area contributed by atoms with E-state index in [0.717, 1.165) is 7.11 Å². The lowest BCUT2D eigenvalue weighted by molar-refractivity contribution is -0.157. The van der Waals surface area contributed by atoms with Crippen LogP contribution in [-0.4, -0.2) is 25.3 Å². The normalized spacial score (nSPS) is 22.2. The fourth-order valence-electron chi connectivity index (χ4n) is 2.42. The average molecular weight is 254 g/mol. The molecule has 0 saturated carbocycles. The molecular formula is C13H12F2O3. The average Bonchev–Trinajstić information content (AvgIpc) is 2.64. The molecule has 0 aliphatic heterocycles. The summed E-state index contributed by atoms with van der Waals surface area (Å²) < 4.78 is 30.9. The van der Waals surface area contributed by atoms with Gasteiger partial charge in [-0.2, -0.15) is 0 Å². The number of esters is 1. The number of ether oxygens (including phenoxy) is 1. The van der Waals surface area contributed by atoms with E-state index in [-0.39, 0.29) is 12.0 Å². The molecule has 0 spiro atoms. The minimum Gasteiger partial charge on any atom is -0.468 e. The quantitative estimate of drug-likeness (QED) is 0.600. The number of fused-ring (bicyclic) bond motifs is 1. The minimum absolute atomic E-state index is 0.225. The van der Waals surface area contributed by atoms with Crippen molar-refractivity contribution in [1.29, 1.82) is 0 Å². The molecule has 3 nitrogen and oxygen atoms in total. The topological polar surface area (TPSA) is 43.4 Å². The third-order valence-corrected chi connectivity index (χ3v) is 3.38. The molecule has 1 atom stereocenters. The van der Waals surface area contributed by atoms with Gasteiger partial charge >= 0.3 is 5.97 Å². The van der Waals surface area contributed by atoms with Gasteiger partial charge in [0.2, 0.25) is 0 Å². The maximum Gasteiger partial charge on any atom is 0.326 e. The van der Waals surface area contributed by atoms with E-state index in [1.54, 1.807) is 25.1 Å². The molecule has 0 fully saturated rings. The van der Waals surface area contributed by atoms with E-state index in [0.29, 0.717) is 11.1 Å². The molecule has 0 N–H and O–H groups in total. The standard InChI is InChI=1S/C13H12F2O3/c1-7-4-3-5-8-6-13(11(14)15,12(17)18-2)10(16)9(7)8/h3-5,11H,6H2,1-2H3. The second-order valence-electron chi connectivity index (χ2n) is 4.38. The summed E-state index contributed by atoms with van der Waals surface area (Å²) in [7, 11) is 1.01. The summed E-state index contributed by atoms with van der Waals surface area (Å²) >= 11 is 0. The lowest BCUT2D eigenvalue weighted by Gasteiger charge is -2.22. The van der Waals surface area contributed by atoms with Gasteiger partial charge in [0.1, 0.15) is 0 Å². The number of carbonyl (C=O) groups is 2. The highest BCUT2D eigenvalue weighted by Gasteiger charge is 2.59. The van der Waals surface area contributed by atoms with E-state index in [2.05, 4.69) is 4.74 Å². The Bertz CT molecular complexity index is 525. The summed E-state index contributed by atoms with van der Waals surface area (Å²) in [6.07, 6.45) is -3.38. The maximum atomic E-state index is 13.3. The van der Waals surface area contributed by atoms with Crippen molar-refractivity contribution >= 4 is 11.8 Å². The Hall–Kier alpha value is -1.78. The number of carbonyl (C=O) groups excluding carboxylic acids is 2. The Morgan fingerprint density at radius 1 is 1.44 bits per heavy atom. The van der Waals surface area contributed by atoms with Crippen LogP contribution in [0, 0.1) is 12.3 Å². The van der Waals surface area contributed by atoms with Gasteiger partial charge in [-0.15, -0.1) is 0 Å². The summed E-state index contributed by atoms with van der Waals surface area (Å²) in [4.78, 5) is 23.8. The second kappa shape index (κ2) is 4.15. The zero-order chi connectivity index (χ0) is 13.5. The Morgan fingerprint density at radius 2 is 2.11 bits per heavy atom. The van der Waals surface area contributed by atoms with Gasteiger partial charge in [-0.25, -0.2) is 8.78 Å². The lowest BCUT2D eigenvalue weighted by Crippen LogP contribution is -2.44. The molecule has 0 amide bonds. The highest BCUT2D eigenvalue weighted by atomic mass is 19.3. The highest BCUT2D eigenvalue weighted by Crippen LogP contribution is 2.43. The van der Waals surface area contributed by atoms with Gasteiger partial charge < -0.3 is 4.74 Å². The van der Waals surface area contributed by atoms with Crippen LogP contribution in [-0.2, 0) is 16.0 Å². The predicted octanol–water partition coefficient (Wildman–Crippen LogP) is 2.16. The minimum atomic E-state index is -3.08. The van der Waals surface area contributed by atoms with Crippen LogP contribution in [0.15, 0.2) is 18.2 Å². The third-order valence-electron chi connectivity index (χ3n) is 3.38. The number of Topliss-reactive ketones (excluding diaryl/α,β-unsaturated/α-hetero) is 1. The molecule has 18 heavy (non-hydrogen) atoms. The first-order valence-electron chi connectivity index (χ1n) is 5.45. The van der Waals surface area contributed by atoms with Crippen molar-refractivity contribution < 1.29 is 23.1 Å². The van der Waals surface area contributed by atoms with Crippen LogP contribution >= 0.6 is 0 Å². The van der Waals surface area contributed by atoms with Gasteiger partial charge in [0.05, 0.1) is 7.11 Å². The third kappa shape index (κ3) is 1.46. The van der Waals surface area contributed by atoms with Crippen molar-refractivity contribution in [3.63, 3.8) is 0 Å². The number of methoxy groups -OCH3 is 1. The molecule has 1 aliphatic rings. The number of ketones is 1. The largest absolute Gasteiger partial charge is 0.468 e. The Balaban J connectivity index is 2.61. The van der Waals surface area contributed by atoms with Crippen molar-refractivity contribution in [3.05, 3.63) is 34.9 Å². The fourth-order valence-corrected chi connectivity index (χ4v) is 2.42. The molecule has 0 aromatic heterocycles. The van der Waals surface area contributed by atoms with Crippen LogP contribution < -0.4 is 0 Å². The zero-order valence-electron chi connectivity index (χ0n) is 10.00. The van der Waals surface area contributed by atoms with Crippen LogP contribution in [0.5, 0.6) is 0 Å². The lowest BCUT2D eigenvalue weighted by atomic mass is 9.84. The molecule has 1 unspecified atom stereocenters.